The number of amides is 6. The van der Waals surface area contributed by atoms with Gasteiger partial charge in [-0.05, 0) is 134 Å². The molecule has 0 aromatic heterocycles. The van der Waals surface area contributed by atoms with Crippen LogP contribution in [0.2, 0.25) is 0 Å². The fourth-order valence-corrected chi connectivity index (χ4v) is 14.6. The molecule has 2 saturated heterocycles. The second kappa shape index (κ2) is 32.1. The number of carbonyl (C=O) groups excluding carboxylic acids is 8. The zero-order valence-corrected chi connectivity index (χ0v) is 63.5. The molecule has 9 aromatic rings. The largest absolute Gasteiger partial charge is 0.463 e. The van der Waals surface area contributed by atoms with Gasteiger partial charge in [-0.1, -0.05) is 79.7 Å². The minimum atomic E-state index is -5.12. The molecule has 0 spiro atoms. The molecule has 20 nitrogen and oxygen atoms in total. The van der Waals surface area contributed by atoms with Gasteiger partial charge < -0.3 is 47.7 Å². The van der Waals surface area contributed by atoms with E-state index < -0.39 is 242 Å². The van der Waals surface area contributed by atoms with Crippen LogP contribution in [0.5, 0.6) is 46.0 Å². The Labute approximate surface area is 654 Å². The lowest BCUT2D eigenvalue weighted by molar-refractivity contribution is -0.147. The van der Waals surface area contributed by atoms with Gasteiger partial charge in [0.25, 0.3) is 23.6 Å². The number of benzene rings is 9. The van der Waals surface area contributed by atoms with Gasteiger partial charge in [-0.25, -0.2) is 0 Å². The van der Waals surface area contributed by atoms with Crippen molar-refractivity contribution in [3.8, 4) is 46.0 Å². The first-order valence-corrected chi connectivity index (χ1v) is 37.3. The van der Waals surface area contributed by atoms with Crippen LogP contribution in [0.1, 0.15) is 145 Å². The van der Waals surface area contributed by atoms with Gasteiger partial charge in [0.1, 0.15) is 83.5 Å². The Balaban J connectivity index is 1.17. The molecule has 0 saturated carbocycles. The predicted molar refractivity (Wildman–Crippen MR) is 395 cm³/mol. The summed E-state index contributed by atoms with van der Waals surface area (Å²) in [6.07, 6.45) is -22.6. The van der Waals surface area contributed by atoms with Gasteiger partial charge >= 0.3 is 36.6 Å². The Hall–Kier alpha value is -11.3. The number of halogens is 12. The third kappa shape index (κ3) is 17.5. The number of epoxide rings is 2. The SMILES string of the molecule is CC(C)CC(C(=O)N(CCC(=O)OCC1CO1)CC(C)C)N1C(=O)c2cc(Oc3cccc(C(F)(F)F)c3)c3c4c(Oc5cccc(C(F)(F)F)c5)cc5c6c(cc(Oc7cccc(C(F)(F)F)c7)c(c7c(Oc8cccc(C(F)(F)F)c8)cc(c2c37)C1=O)c64)C(=O)N(C(CC(C)C)C(=O)N(CCC(=O)OCC1CO1)CC(C)C)C5=O. The Bertz CT molecular complexity index is 4820. The van der Waals surface area contributed by atoms with Crippen LogP contribution in [0.4, 0.5) is 52.7 Å². The maximum atomic E-state index is 16.5. The molecule has 4 unspecified atom stereocenters. The van der Waals surface area contributed by atoms with Gasteiger partial charge in [0, 0.05) is 69.3 Å². The van der Waals surface area contributed by atoms with E-state index in [1.807, 2.05) is 0 Å². The van der Waals surface area contributed by atoms with Gasteiger partial charge in [-0.15, -0.1) is 0 Å². The molecule has 9 aromatic carbocycles. The monoisotopic (exact) mass is 1620 g/mol. The maximum Gasteiger partial charge on any atom is 0.416 e. The molecule has 0 aliphatic carbocycles. The second-order valence-corrected chi connectivity index (χ2v) is 30.6. The van der Waals surface area contributed by atoms with Crippen LogP contribution < -0.4 is 18.9 Å². The van der Waals surface area contributed by atoms with Crippen LogP contribution >= 0.6 is 0 Å². The topological polar surface area (TPSA) is 230 Å². The van der Waals surface area contributed by atoms with Crippen molar-refractivity contribution in [2.75, 3.05) is 52.6 Å². The number of fused-ring (bicyclic) bond motifs is 2. The van der Waals surface area contributed by atoms with Crippen LogP contribution in [0.15, 0.2) is 121 Å². The summed E-state index contributed by atoms with van der Waals surface area (Å²) in [5, 5.41) is -4.22. The lowest BCUT2D eigenvalue weighted by atomic mass is 9.80. The van der Waals surface area contributed by atoms with E-state index in [9.17, 15) is 9.59 Å². The fourth-order valence-electron chi connectivity index (χ4n) is 14.6. The van der Waals surface area contributed by atoms with Crippen LogP contribution in [-0.4, -0.2) is 144 Å². The lowest BCUT2D eigenvalue weighted by Crippen LogP contribution is -2.55. The van der Waals surface area contributed by atoms with Crippen LogP contribution in [0, 0.1) is 23.7 Å². The molecular formula is C84H76F12N4O16. The third-order valence-electron chi connectivity index (χ3n) is 19.7. The molecule has 4 aliphatic heterocycles. The molecule has 2 fully saturated rings. The van der Waals surface area contributed by atoms with E-state index in [1.165, 1.54) is 9.80 Å². The highest BCUT2D eigenvalue weighted by molar-refractivity contribution is 6.45. The summed E-state index contributed by atoms with van der Waals surface area (Å²) in [6, 6.07) is 12.9. The quantitative estimate of drug-likeness (QED) is 0.0102. The Kier molecular flexibility index (Phi) is 22.9. The predicted octanol–water partition coefficient (Wildman–Crippen LogP) is 18.6. The molecule has 13 rings (SSSR count). The van der Waals surface area contributed by atoms with Crippen molar-refractivity contribution in [2.24, 2.45) is 23.7 Å². The van der Waals surface area contributed by atoms with E-state index in [4.69, 9.17) is 37.9 Å². The minimum absolute atomic E-state index is 0.0882. The summed E-state index contributed by atoms with van der Waals surface area (Å²) in [5.41, 5.74) is -7.81. The third-order valence-corrected chi connectivity index (χ3v) is 19.7. The van der Waals surface area contributed by atoms with Crippen molar-refractivity contribution >= 4 is 90.5 Å². The van der Waals surface area contributed by atoms with E-state index >= 15 is 81.5 Å². The zero-order chi connectivity index (χ0) is 83.7. The van der Waals surface area contributed by atoms with Crippen molar-refractivity contribution in [1.29, 1.82) is 0 Å². The van der Waals surface area contributed by atoms with Gasteiger partial charge in [0.05, 0.1) is 70.6 Å². The Morgan fingerprint density at radius 2 is 0.647 bits per heavy atom. The van der Waals surface area contributed by atoms with Crippen molar-refractivity contribution in [3.05, 3.63) is 166 Å². The first-order chi connectivity index (χ1) is 54.6. The second-order valence-electron chi connectivity index (χ2n) is 30.6. The molecule has 0 N–H and O–H groups in total. The number of alkyl halides is 12. The number of esters is 2. The first kappa shape index (κ1) is 82.7. The van der Waals surface area contributed by atoms with Crippen LogP contribution in [0.25, 0.3) is 43.1 Å². The first-order valence-electron chi connectivity index (χ1n) is 37.3. The lowest BCUT2D eigenvalue weighted by Gasteiger charge is -2.38. The van der Waals surface area contributed by atoms with Gasteiger partial charge in [-0.2, -0.15) is 52.7 Å². The highest BCUT2D eigenvalue weighted by Gasteiger charge is 2.49. The van der Waals surface area contributed by atoms with Crippen molar-refractivity contribution in [3.63, 3.8) is 0 Å². The summed E-state index contributed by atoms with van der Waals surface area (Å²) < 4.78 is 228. The van der Waals surface area contributed by atoms with Crippen molar-refractivity contribution in [2.45, 2.75) is 130 Å². The zero-order valence-electron chi connectivity index (χ0n) is 63.5. The van der Waals surface area contributed by atoms with E-state index in [-0.39, 0.29) is 76.3 Å². The highest BCUT2D eigenvalue weighted by atomic mass is 19.4. The summed E-state index contributed by atoms with van der Waals surface area (Å²) in [7, 11) is 0. The molecule has 32 heteroatoms. The van der Waals surface area contributed by atoms with Gasteiger partial charge in [0.2, 0.25) is 11.8 Å². The smallest absolute Gasteiger partial charge is 0.416 e. The van der Waals surface area contributed by atoms with E-state index in [2.05, 4.69) is 0 Å². The average Bonchev–Trinajstić information content (AvgIpc) is 1.28. The molecule has 116 heavy (non-hydrogen) atoms. The number of hydrogen-bond acceptors (Lipinski definition) is 16. The van der Waals surface area contributed by atoms with Gasteiger partial charge in [0.15, 0.2) is 0 Å². The van der Waals surface area contributed by atoms with E-state index in [0.29, 0.717) is 71.5 Å². The number of carbonyl (C=O) groups is 8. The molecule has 4 aliphatic rings. The molecule has 4 atom stereocenters. The summed E-state index contributed by atoms with van der Waals surface area (Å²) in [6.45, 7) is 13.2. The summed E-state index contributed by atoms with van der Waals surface area (Å²) >= 11 is 0. The molecule has 0 bridgehead atoms. The molecule has 0 radical (unpaired) electrons. The van der Waals surface area contributed by atoms with Crippen LogP contribution in [-0.2, 0) is 62.8 Å². The van der Waals surface area contributed by atoms with Gasteiger partial charge in [-0.3, -0.25) is 48.2 Å². The van der Waals surface area contributed by atoms with Crippen molar-refractivity contribution < 1.29 is 129 Å². The van der Waals surface area contributed by atoms with E-state index in [1.54, 1.807) is 55.4 Å². The Morgan fingerprint density at radius 3 is 0.871 bits per heavy atom. The van der Waals surface area contributed by atoms with E-state index in [0.717, 1.165) is 72.8 Å². The molecular weight excluding hydrogens is 1550 g/mol. The summed E-state index contributed by atoms with van der Waals surface area (Å²) in [4.78, 5) is 127. The average molecular weight is 1630 g/mol. The fraction of sp³-hybridized carbons (Fsp3) is 0.381. The normalized spacial score (nSPS) is 16.2. The Morgan fingerprint density at radius 1 is 0.388 bits per heavy atom. The number of imide groups is 2. The molecule has 6 amide bonds. The van der Waals surface area contributed by atoms with Crippen molar-refractivity contribution in [1.82, 2.24) is 19.6 Å². The minimum Gasteiger partial charge on any atom is -0.463 e. The number of nitrogens with zero attached hydrogens (tertiary/aromatic N) is 4. The van der Waals surface area contributed by atoms with Crippen LogP contribution in [0.3, 0.4) is 0 Å². The number of hydrogen-bond donors (Lipinski definition) is 0. The highest BCUT2D eigenvalue weighted by Crippen LogP contribution is 2.59. The number of rotatable bonds is 30. The number of ether oxygens (including phenoxy) is 8. The molecule has 612 valence electrons. The summed E-state index contributed by atoms with van der Waals surface area (Å²) in [5.74, 6) is -16.1. The standard InChI is InChI=1S/C84H76F12N4O16/c1-41(2)25-59(79(107)97(35-43(5)6)23-21-65(101)111-39-53-37-109-53)99-75(103)55-31-61(113-49-17-9-13-45(27-49)81(85,86)87)69-71-63(115-51-19-11-15-47(29-51)83(91,92)93)33-57-68-58(78(106)100(77(57)105)60(26-42(3)4)80(108)98(36-44(7)8)24-22-66(102)112-40-54-38-110-54)34-64(116-52-20-12-16-48(30-52)84(94,95)96)72(74(68)71)70-62(32-56(76(99)104)67(55)73(69)70)114-50-18-10-14-46(28-50)82(88,89)90/h9-20,27-34,41-44,53-54,59-60H,21-26,35-40H2,1-8H3. The maximum absolute atomic E-state index is 16.5. The molecule has 4 heterocycles.